The number of nitrogens with one attached hydrogen (secondary N) is 1. The molecule has 4 saturated heterocycles. The minimum Gasteiger partial charge on any atom is -0.450 e. The Kier molecular flexibility index (Phi) is 18.8. The summed E-state index contributed by atoms with van der Waals surface area (Å²) >= 11 is 0. The van der Waals surface area contributed by atoms with E-state index < -0.39 is 0 Å². The predicted molar refractivity (Wildman–Crippen MR) is 209 cm³/mol. The maximum Gasteiger partial charge on any atom is 0.409 e. The Bertz CT molecular complexity index is 1190. The molecule has 2 aliphatic carbocycles. The number of hydrogen-bond donors (Lipinski definition) is 1. The molecule has 6 aliphatic rings. The summed E-state index contributed by atoms with van der Waals surface area (Å²) in [6, 6.07) is 1.56. The molecule has 0 aromatic carbocycles. The molecule has 0 atom stereocenters. The second-order valence-corrected chi connectivity index (χ2v) is 15.6. The van der Waals surface area contributed by atoms with Gasteiger partial charge in [-0.15, -0.1) is 12.4 Å². The first-order chi connectivity index (χ1) is 24.4. The first-order valence-electron chi connectivity index (χ1n) is 19.7. The van der Waals surface area contributed by atoms with E-state index in [0.29, 0.717) is 61.9 Å². The van der Waals surface area contributed by atoms with Crippen molar-refractivity contribution in [1.82, 2.24) is 29.8 Å². The molecule has 14 heteroatoms. The summed E-state index contributed by atoms with van der Waals surface area (Å²) in [5.41, 5.74) is 0.451. The molecule has 2 saturated carbocycles. The molecule has 2 spiro atoms. The van der Waals surface area contributed by atoms with E-state index in [1.807, 2.05) is 28.5 Å². The number of carbonyl (C=O) groups is 5. The lowest BCUT2D eigenvalue weighted by molar-refractivity contribution is -0.133. The first-order valence-corrected chi connectivity index (χ1v) is 19.7. The summed E-state index contributed by atoms with van der Waals surface area (Å²) in [6.07, 6.45) is 9.81. The van der Waals surface area contributed by atoms with Crippen LogP contribution in [-0.4, -0.2) is 151 Å². The lowest BCUT2D eigenvalue weighted by Crippen LogP contribution is -2.56. The third-order valence-electron chi connectivity index (χ3n) is 12.1. The SMILES string of the molecule is C.CCN(C(C)=O)C1CCNCC1.CCOC(=O)N1CCC2(CC(=O)C2)C1.CCOC(=O)N1CCC2(CC(N3CCC(N(CC)C(C)=O)CC3)C2)C1.Cl. The minimum absolute atomic E-state index is 0. The van der Waals surface area contributed by atoms with Crippen molar-refractivity contribution < 1.29 is 33.4 Å². The van der Waals surface area contributed by atoms with Crippen molar-refractivity contribution in [2.24, 2.45) is 10.8 Å². The number of halogens is 1. The Labute approximate surface area is 325 Å². The van der Waals surface area contributed by atoms with Crippen LogP contribution >= 0.6 is 12.4 Å². The summed E-state index contributed by atoms with van der Waals surface area (Å²) in [5, 5.41) is 3.29. The standard InChI is InChI=1S/C19H33N3O3.C10H15NO3.C9H18N2O.CH4.ClH/c1-4-22(15(3)23)16-6-9-20(10-7-16)17-12-19(13-17)8-11-21(14-19)18(24)25-5-2;1-2-14-9(13)11-4-3-10(7-11)5-8(12)6-10;1-3-11(8(2)12)9-4-6-10-7-5-9;;/h16-17H,4-14H2,1-3H3;2-7H2,1H3;9-10H,3-7H2,1-2H3;1H4;1H. The maximum atomic E-state index is 11.9. The second kappa shape index (κ2) is 21.5. The highest BCUT2D eigenvalue weighted by molar-refractivity contribution is 5.86. The first kappa shape index (κ1) is 46.5. The van der Waals surface area contributed by atoms with Crippen molar-refractivity contribution in [3.05, 3.63) is 0 Å². The number of carbonyl (C=O) groups excluding carboxylic acids is 5. The van der Waals surface area contributed by atoms with E-state index in [1.54, 1.807) is 25.7 Å². The molecular weight excluding hydrogens is 700 g/mol. The molecule has 6 fully saturated rings. The molecule has 4 amide bonds. The Morgan fingerprint density at radius 1 is 0.717 bits per heavy atom. The predicted octanol–water partition coefficient (Wildman–Crippen LogP) is 5.19. The average molecular weight is 771 g/mol. The third-order valence-corrected chi connectivity index (χ3v) is 12.1. The van der Waals surface area contributed by atoms with Gasteiger partial charge in [0.05, 0.1) is 13.2 Å². The van der Waals surface area contributed by atoms with E-state index in [4.69, 9.17) is 9.47 Å². The molecule has 13 nitrogen and oxygen atoms in total. The lowest BCUT2D eigenvalue weighted by Gasteiger charge is -2.52. The third kappa shape index (κ3) is 12.2. The van der Waals surface area contributed by atoms with Crippen LogP contribution in [0, 0.1) is 10.8 Å². The number of ketones is 1. The van der Waals surface area contributed by atoms with Crippen LogP contribution in [0.25, 0.3) is 0 Å². The van der Waals surface area contributed by atoms with Gasteiger partial charge in [-0.2, -0.15) is 0 Å². The number of nitrogens with zero attached hydrogens (tertiary/aromatic N) is 5. The highest BCUT2D eigenvalue weighted by Gasteiger charge is 2.52. The smallest absolute Gasteiger partial charge is 0.409 e. The van der Waals surface area contributed by atoms with E-state index >= 15 is 0 Å². The van der Waals surface area contributed by atoms with Crippen molar-refractivity contribution in [1.29, 1.82) is 0 Å². The largest absolute Gasteiger partial charge is 0.450 e. The highest BCUT2D eigenvalue weighted by atomic mass is 35.5. The van der Waals surface area contributed by atoms with Gasteiger partial charge in [0.2, 0.25) is 11.8 Å². The molecule has 6 rings (SSSR count). The number of hydrogen-bond acceptors (Lipinski definition) is 9. The fourth-order valence-electron chi connectivity index (χ4n) is 9.37. The van der Waals surface area contributed by atoms with Gasteiger partial charge in [0, 0.05) is 103 Å². The molecule has 53 heavy (non-hydrogen) atoms. The summed E-state index contributed by atoms with van der Waals surface area (Å²) in [4.78, 5) is 67.3. The monoisotopic (exact) mass is 771 g/mol. The van der Waals surface area contributed by atoms with Crippen LogP contribution in [0.15, 0.2) is 0 Å². The Balaban J connectivity index is 0.000000295. The topological polar surface area (TPSA) is 132 Å². The molecule has 4 heterocycles. The van der Waals surface area contributed by atoms with Crippen LogP contribution in [0.3, 0.4) is 0 Å². The van der Waals surface area contributed by atoms with E-state index in [9.17, 15) is 24.0 Å². The average Bonchev–Trinajstić information content (AvgIpc) is 3.73. The van der Waals surface area contributed by atoms with Crippen molar-refractivity contribution >= 4 is 42.2 Å². The molecule has 0 aromatic heterocycles. The molecular formula is C39H71ClN6O7. The summed E-state index contributed by atoms with van der Waals surface area (Å²) in [5.74, 6) is 0.744. The lowest BCUT2D eigenvalue weighted by atomic mass is 9.64. The Hall–Kier alpha value is -2.64. The zero-order chi connectivity index (χ0) is 37.2. The van der Waals surface area contributed by atoms with Crippen molar-refractivity contribution in [2.75, 3.05) is 78.7 Å². The van der Waals surface area contributed by atoms with Gasteiger partial charge >= 0.3 is 12.2 Å². The van der Waals surface area contributed by atoms with Crippen LogP contribution < -0.4 is 5.32 Å². The van der Waals surface area contributed by atoms with Crippen molar-refractivity contribution in [3.63, 3.8) is 0 Å². The number of likely N-dealkylation sites (tertiary alicyclic amines) is 3. The fraction of sp³-hybridized carbons (Fsp3) is 0.872. The van der Waals surface area contributed by atoms with Gasteiger partial charge in [-0.05, 0) is 97.6 Å². The van der Waals surface area contributed by atoms with Gasteiger partial charge in [-0.25, -0.2) is 9.59 Å². The van der Waals surface area contributed by atoms with Crippen molar-refractivity contribution in [2.45, 2.75) is 131 Å². The number of ether oxygens (including phenoxy) is 2. The van der Waals surface area contributed by atoms with Gasteiger partial charge in [0.25, 0.3) is 0 Å². The van der Waals surface area contributed by atoms with Gasteiger partial charge in [-0.3, -0.25) is 14.4 Å². The molecule has 0 unspecified atom stereocenters. The van der Waals surface area contributed by atoms with E-state index in [2.05, 4.69) is 17.1 Å². The normalized spacial score (nSPS) is 24.9. The van der Waals surface area contributed by atoms with Crippen molar-refractivity contribution in [3.8, 4) is 0 Å². The quantitative estimate of drug-likeness (QED) is 0.372. The van der Waals surface area contributed by atoms with Crippen LogP contribution in [-0.2, 0) is 23.9 Å². The van der Waals surface area contributed by atoms with Gasteiger partial charge in [-0.1, -0.05) is 7.43 Å². The van der Waals surface area contributed by atoms with E-state index in [0.717, 1.165) is 97.4 Å². The molecule has 306 valence electrons. The molecule has 0 bridgehead atoms. The van der Waals surface area contributed by atoms with E-state index in [-0.39, 0.29) is 49.2 Å². The molecule has 0 aromatic rings. The summed E-state index contributed by atoms with van der Waals surface area (Å²) < 4.78 is 10.1. The number of amides is 4. The highest BCUT2D eigenvalue weighted by Crippen LogP contribution is 2.50. The second-order valence-electron chi connectivity index (χ2n) is 15.6. The Morgan fingerprint density at radius 2 is 1.15 bits per heavy atom. The minimum atomic E-state index is -0.233. The van der Waals surface area contributed by atoms with E-state index in [1.165, 1.54) is 12.8 Å². The summed E-state index contributed by atoms with van der Waals surface area (Å²) in [7, 11) is 0. The van der Waals surface area contributed by atoms with Gasteiger partial charge < -0.3 is 39.3 Å². The van der Waals surface area contributed by atoms with Crippen LogP contribution in [0.1, 0.15) is 113 Å². The summed E-state index contributed by atoms with van der Waals surface area (Å²) in [6.45, 7) is 21.1. The number of piperidine rings is 2. The maximum absolute atomic E-state index is 11.9. The van der Waals surface area contributed by atoms with Crippen LogP contribution in [0.4, 0.5) is 9.59 Å². The van der Waals surface area contributed by atoms with Gasteiger partial charge in [0.15, 0.2) is 0 Å². The van der Waals surface area contributed by atoms with Gasteiger partial charge in [0.1, 0.15) is 5.78 Å². The molecule has 4 aliphatic heterocycles. The van der Waals surface area contributed by atoms with Crippen LogP contribution in [0.2, 0.25) is 0 Å². The number of rotatable bonds is 7. The number of Topliss-reactive ketones (excluding diaryl/α,β-unsaturated/α-hetero) is 1. The zero-order valence-electron chi connectivity index (χ0n) is 32.8. The molecule has 1 N–H and O–H groups in total. The van der Waals surface area contributed by atoms with Crippen LogP contribution in [0.5, 0.6) is 0 Å². The molecule has 0 radical (unpaired) electrons. The zero-order valence-corrected chi connectivity index (χ0v) is 33.6. The fourth-order valence-corrected chi connectivity index (χ4v) is 9.37. The Morgan fingerprint density at radius 3 is 1.57 bits per heavy atom.